The summed E-state index contributed by atoms with van der Waals surface area (Å²) in [6.45, 7) is 0. The standard InChI is InChI=1S/C22H13ClN2O4S2/c23-15-7-11-17(12-8-15)31(27,28)29-16-9-5-14(6-10-16)13-20-21(26)25-19-4-2-1-3-18(19)24-22(25)30-20/h1-13H. The van der Waals surface area contributed by atoms with Gasteiger partial charge >= 0.3 is 10.1 Å². The minimum absolute atomic E-state index is 0.0118. The van der Waals surface area contributed by atoms with Gasteiger partial charge in [0.15, 0.2) is 4.96 Å². The highest BCUT2D eigenvalue weighted by Crippen LogP contribution is 2.21. The molecule has 0 aliphatic carbocycles. The lowest BCUT2D eigenvalue weighted by Gasteiger charge is -2.07. The van der Waals surface area contributed by atoms with Crippen molar-refractivity contribution in [2.75, 3.05) is 0 Å². The maximum atomic E-state index is 12.8. The summed E-state index contributed by atoms with van der Waals surface area (Å²) in [5.74, 6) is 0.168. The lowest BCUT2D eigenvalue weighted by molar-refractivity contribution is 0.486. The molecule has 0 spiro atoms. The van der Waals surface area contributed by atoms with Gasteiger partial charge in [-0.1, -0.05) is 47.2 Å². The molecule has 0 N–H and O–H groups in total. The number of rotatable bonds is 4. The molecule has 0 saturated heterocycles. The fourth-order valence-electron chi connectivity index (χ4n) is 3.16. The first-order chi connectivity index (χ1) is 14.9. The molecule has 6 nitrogen and oxygen atoms in total. The third-order valence-corrected chi connectivity index (χ3v) is 7.11. The maximum absolute atomic E-state index is 12.8. The minimum Gasteiger partial charge on any atom is -0.379 e. The summed E-state index contributed by atoms with van der Waals surface area (Å²) in [5.41, 5.74) is 2.15. The van der Waals surface area contributed by atoms with Gasteiger partial charge in [-0.2, -0.15) is 8.42 Å². The average molecular weight is 469 g/mol. The average Bonchev–Trinajstić information content (AvgIpc) is 3.26. The zero-order valence-corrected chi connectivity index (χ0v) is 18.1. The van der Waals surface area contributed by atoms with Gasteiger partial charge in [-0.3, -0.25) is 4.79 Å². The van der Waals surface area contributed by atoms with Crippen molar-refractivity contribution >= 4 is 55.1 Å². The Morgan fingerprint density at radius 3 is 2.42 bits per heavy atom. The molecule has 2 aromatic heterocycles. The number of fused-ring (bicyclic) bond motifs is 3. The maximum Gasteiger partial charge on any atom is 0.339 e. The summed E-state index contributed by atoms with van der Waals surface area (Å²) in [6.07, 6.45) is 1.74. The Kier molecular flexibility index (Phi) is 4.77. The zero-order valence-electron chi connectivity index (χ0n) is 15.7. The molecule has 5 rings (SSSR count). The van der Waals surface area contributed by atoms with Crippen LogP contribution in [0.25, 0.3) is 22.1 Å². The Labute approximate surface area is 185 Å². The van der Waals surface area contributed by atoms with Crippen LogP contribution in [0.1, 0.15) is 5.56 Å². The topological polar surface area (TPSA) is 77.7 Å². The molecule has 9 heteroatoms. The minimum atomic E-state index is -3.97. The van der Waals surface area contributed by atoms with Crippen molar-refractivity contribution in [1.82, 2.24) is 9.38 Å². The number of thiazole rings is 1. The number of halogens is 1. The molecule has 0 aliphatic heterocycles. The van der Waals surface area contributed by atoms with Crippen LogP contribution in [0.4, 0.5) is 0 Å². The molecule has 0 unspecified atom stereocenters. The molecule has 31 heavy (non-hydrogen) atoms. The van der Waals surface area contributed by atoms with Crippen molar-refractivity contribution in [3.8, 4) is 5.75 Å². The Morgan fingerprint density at radius 2 is 1.68 bits per heavy atom. The highest BCUT2D eigenvalue weighted by molar-refractivity contribution is 7.87. The number of imidazole rings is 1. The normalized spacial score (nSPS) is 12.6. The second kappa shape index (κ2) is 7.49. The number of benzene rings is 3. The van der Waals surface area contributed by atoms with E-state index in [1.807, 2.05) is 24.3 Å². The van der Waals surface area contributed by atoms with Crippen LogP contribution >= 0.6 is 22.9 Å². The molecule has 5 aromatic rings. The molecule has 0 amide bonds. The van der Waals surface area contributed by atoms with Crippen molar-refractivity contribution in [2.45, 2.75) is 4.90 Å². The fraction of sp³-hybridized carbons (Fsp3) is 0. The second-order valence-corrected chi connectivity index (χ2v) is 9.69. The molecule has 0 aliphatic rings. The summed E-state index contributed by atoms with van der Waals surface area (Å²) >= 11 is 7.10. The monoisotopic (exact) mass is 468 g/mol. The largest absolute Gasteiger partial charge is 0.379 e. The molecular weight excluding hydrogens is 456 g/mol. The second-order valence-electron chi connectivity index (χ2n) is 6.69. The third-order valence-electron chi connectivity index (χ3n) is 4.63. The van der Waals surface area contributed by atoms with Gasteiger partial charge in [0.05, 0.1) is 15.6 Å². The van der Waals surface area contributed by atoms with Crippen LogP contribution in [-0.2, 0) is 10.1 Å². The smallest absolute Gasteiger partial charge is 0.339 e. The van der Waals surface area contributed by atoms with Gasteiger partial charge in [-0.05, 0) is 60.2 Å². The number of hydrogen-bond acceptors (Lipinski definition) is 6. The first kappa shape index (κ1) is 19.7. The van der Waals surface area contributed by atoms with Gasteiger partial charge in [0.1, 0.15) is 10.6 Å². The van der Waals surface area contributed by atoms with Crippen LogP contribution in [0.3, 0.4) is 0 Å². The number of nitrogens with zero attached hydrogens (tertiary/aromatic N) is 2. The Bertz CT molecular complexity index is 1640. The van der Waals surface area contributed by atoms with Crippen LogP contribution < -0.4 is 14.3 Å². The first-order valence-electron chi connectivity index (χ1n) is 9.13. The molecule has 0 radical (unpaired) electrons. The molecule has 0 bridgehead atoms. The van der Waals surface area contributed by atoms with Gasteiger partial charge in [0.25, 0.3) is 5.56 Å². The van der Waals surface area contributed by atoms with E-state index in [0.717, 1.165) is 16.6 Å². The van der Waals surface area contributed by atoms with Gasteiger partial charge in [-0.25, -0.2) is 9.38 Å². The van der Waals surface area contributed by atoms with Gasteiger partial charge in [0, 0.05) is 5.02 Å². The molecule has 3 aromatic carbocycles. The molecule has 2 heterocycles. The molecule has 0 fully saturated rings. The van der Waals surface area contributed by atoms with Crippen molar-refractivity contribution in [3.63, 3.8) is 0 Å². The summed E-state index contributed by atoms with van der Waals surface area (Å²) in [5, 5.41) is 0.436. The van der Waals surface area contributed by atoms with Crippen LogP contribution in [-0.4, -0.2) is 17.8 Å². The lowest BCUT2D eigenvalue weighted by Crippen LogP contribution is -2.22. The third kappa shape index (κ3) is 3.69. The quantitative estimate of drug-likeness (QED) is 0.374. The van der Waals surface area contributed by atoms with E-state index >= 15 is 0 Å². The van der Waals surface area contributed by atoms with Crippen molar-refractivity contribution in [2.24, 2.45) is 0 Å². The lowest BCUT2D eigenvalue weighted by atomic mass is 10.2. The number of aromatic nitrogens is 2. The summed E-state index contributed by atoms with van der Waals surface area (Å²) < 4.78 is 32.1. The van der Waals surface area contributed by atoms with Crippen LogP contribution in [0.5, 0.6) is 5.75 Å². The molecule has 0 saturated carbocycles. The van der Waals surface area contributed by atoms with Crippen LogP contribution in [0.2, 0.25) is 5.02 Å². The summed E-state index contributed by atoms with van der Waals surface area (Å²) in [7, 11) is -3.97. The zero-order chi connectivity index (χ0) is 21.6. The van der Waals surface area contributed by atoms with Crippen molar-refractivity contribution < 1.29 is 12.6 Å². The molecular formula is C22H13ClN2O4S2. The predicted octanol–water partition coefficient (Wildman–Crippen LogP) is 3.88. The summed E-state index contributed by atoms with van der Waals surface area (Å²) in [6, 6.07) is 19.7. The molecule has 0 atom stereocenters. The van der Waals surface area contributed by atoms with Crippen molar-refractivity contribution in [1.29, 1.82) is 0 Å². The highest BCUT2D eigenvalue weighted by Gasteiger charge is 2.16. The van der Waals surface area contributed by atoms with E-state index in [-0.39, 0.29) is 16.2 Å². The van der Waals surface area contributed by atoms with Crippen LogP contribution in [0, 0.1) is 0 Å². The van der Waals surface area contributed by atoms with E-state index in [4.69, 9.17) is 15.8 Å². The predicted molar refractivity (Wildman–Crippen MR) is 121 cm³/mol. The SMILES string of the molecule is O=c1c(=Cc2ccc(OS(=O)(=O)c3ccc(Cl)cc3)cc2)sc2nc3ccccc3n12. The van der Waals surface area contributed by atoms with E-state index in [9.17, 15) is 13.2 Å². The van der Waals surface area contributed by atoms with Gasteiger partial charge in [0.2, 0.25) is 0 Å². The van der Waals surface area contributed by atoms with Crippen molar-refractivity contribution in [3.05, 3.63) is 98.3 Å². The van der Waals surface area contributed by atoms with Gasteiger partial charge in [-0.15, -0.1) is 0 Å². The Hall–Kier alpha value is -3.20. The first-order valence-corrected chi connectivity index (χ1v) is 11.7. The Balaban J connectivity index is 1.45. The Morgan fingerprint density at radius 1 is 0.968 bits per heavy atom. The number of hydrogen-bond donors (Lipinski definition) is 0. The van der Waals surface area contributed by atoms with E-state index in [1.54, 1.807) is 22.6 Å². The van der Waals surface area contributed by atoms with Crippen LogP contribution in [0.15, 0.2) is 82.5 Å². The van der Waals surface area contributed by atoms with E-state index in [0.29, 0.717) is 14.5 Å². The van der Waals surface area contributed by atoms with E-state index in [2.05, 4.69) is 4.98 Å². The van der Waals surface area contributed by atoms with E-state index in [1.165, 1.54) is 47.7 Å². The summed E-state index contributed by atoms with van der Waals surface area (Å²) in [4.78, 5) is 18.0. The fourth-order valence-corrected chi connectivity index (χ4v) is 5.20. The highest BCUT2D eigenvalue weighted by atomic mass is 35.5. The van der Waals surface area contributed by atoms with Gasteiger partial charge < -0.3 is 4.18 Å². The molecule has 154 valence electrons. The number of para-hydroxylation sites is 2. The van der Waals surface area contributed by atoms with E-state index < -0.39 is 10.1 Å².